The van der Waals surface area contributed by atoms with Gasteiger partial charge in [0.2, 0.25) is 0 Å². The summed E-state index contributed by atoms with van der Waals surface area (Å²) in [6, 6.07) is 11.4. The standard InChI is InChI=1S/C21H22N6O2/c1-4-11-26-12-10-16(25-26)23-20(28)18-13(2)22-19-17(15-8-6-5-7-9-15)14(3)24-27(19)21(18)29/h5-10,12,24H,4,11H2,1-3H3,(H,23,25,28). The van der Waals surface area contributed by atoms with Gasteiger partial charge in [-0.05, 0) is 25.8 Å². The summed E-state index contributed by atoms with van der Waals surface area (Å²) in [5.74, 6) is -0.121. The van der Waals surface area contributed by atoms with Gasteiger partial charge in [0, 0.05) is 30.1 Å². The van der Waals surface area contributed by atoms with Crippen molar-refractivity contribution in [1.82, 2.24) is 24.4 Å². The van der Waals surface area contributed by atoms with Crippen molar-refractivity contribution in [3.05, 3.63) is 69.9 Å². The summed E-state index contributed by atoms with van der Waals surface area (Å²) in [5.41, 5.74) is 3.02. The molecule has 0 saturated heterocycles. The number of nitrogens with zero attached hydrogens (tertiary/aromatic N) is 4. The summed E-state index contributed by atoms with van der Waals surface area (Å²) in [4.78, 5) is 30.5. The van der Waals surface area contributed by atoms with Gasteiger partial charge in [-0.25, -0.2) is 9.50 Å². The molecular formula is C21H22N6O2. The molecule has 0 aliphatic carbocycles. The number of H-pyrrole nitrogens is 1. The smallest absolute Gasteiger partial charge is 0.285 e. The monoisotopic (exact) mass is 390 g/mol. The lowest BCUT2D eigenvalue weighted by Crippen LogP contribution is -2.29. The number of aromatic nitrogens is 5. The number of amides is 1. The lowest BCUT2D eigenvalue weighted by molar-refractivity contribution is 0.102. The number of aromatic amines is 1. The van der Waals surface area contributed by atoms with Crippen LogP contribution in [0, 0.1) is 13.8 Å². The van der Waals surface area contributed by atoms with Crippen molar-refractivity contribution in [1.29, 1.82) is 0 Å². The molecule has 4 rings (SSSR count). The van der Waals surface area contributed by atoms with Gasteiger partial charge in [0.05, 0.1) is 5.69 Å². The number of fused-ring (bicyclic) bond motifs is 1. The van der Waals surface area contributed by atoms with Crippen LogP contribution in [-0.2, 0) is 6.54 Å². The molecule has 3 aromatic heterocycles. The normalized spacial score (nSPS) is 11.1. The van der Waals surface area contributed by atoms with E-state index in [0.29, 0.717) is 17.2 Å². The van der Waals surface area contributed by atoms with E-state index in [1.54, 1.807) is 23.9 Å². The van der Waals surface area contributed by atoms with Gasteiger partial charge >= 0.3 is 0 Å². The molecule has 0 bridgehead atoms. The molecule has 8 heteroatoms. The van der Waals surface area contributed by atoms with E-state index in [0.717, 1.165) is 29.8 Å². The Labute approximate surface area is 167 Å². The highest BCUT2D eigenvalue weighted by molar-refractivity contribution is 6.04. The minimum absolute atomic E-state index is 0.00611. The summed E-state index contributed by atoms with van der Waals surface area (Å²) in [5, 5.41) is 10.0. The van der Waals surface area contributed by atoms with E-state index >= 15 is 0 Å². The first-order chi connectivity index (χ1) is 14.0. The Kier molecular flexibility index (Phi) is 4.75. The summed E-state index contributed by atoms with van der Waals surface area (Å²) in [6.45, 7) is 6.36. The Morgan fingerprint density at radius 3 is 2.66 bits per heavy atom. The quantitative estimate of drug-likeness (QED) is 0.547. The Hall–Kier alpha value is -3.68. The van der Waals surface area contributed by atoms with E-state index in [1.165, 1.54) is 4.52 Å². The van der Waals surface area contributed by atoms with Crippen LogP contribution < -0.4 is 10.9 Å². The highest BCUT2D eigenvalue weighted by atomic mass is 16.2. The van der Waals surface area contributed by atoms with Crippen molar-refractivity contribution >= 4 is 17.4 Å². The highest BCUT2D eigenvalue weighted by Gasteiger charge is 2.22. The largest absolute Gasteiger partial charge is 0.305 e. The van der Waals surface area contributed by atoms with Crippen molar-refractivity contribution in [2.24, 2.45) is 0 Å². The minimum atomic E-state index is -0.523. The molecule has 0 radical (unpaired) electrons. The van der Waals surface area contributed by atoms with Crippen LogP contribution in [0.15, 0.2) is 47.4 Å². The van der Waals surface area contributed by atoms with Crippen molar-refractivity contribution in [3.8, 4) is 11.1 Å². The molecule has 0 aliphatic heterocycles. The van der Waals surface area contributed by atoms with Crippen LogP contribution in [0.25, 0.3) is 16.8 Å². The molecule has 0 spiro atoms. The Morgan fingerprint density at radius 2 is 1.93 bits per heavy atom. The molecule has 1 aromatic carbocycles. The van der Waals surface area contributed by atoms with Crippen molar-refractivity contribution < 1.29 is 4.79 Å². The maximum Gasteiger partial charge on any atom is 0.285 e. The number of nitrogens with one attached hydrogen (secondary N) is 2. The van der Waals surface area contributed by atoms with Crippen LogP contribution in [0.2, 0.25) is 0 Å². The van der Waals surface area contributed by atoms with Gasteiger partial charge in [0.25, 0.3) is 11.5 Å². The molecule has 1 amide bonds. The van der Waals surface area contributed by atoms with Crippen molar-refractivity contribution in [3.63, 3.8) is 0 Å². The van der Waals surface area contributed by atoms with E-state index in [9.17, 15) is 9.59 Å². The second kappa shape index (κ2) is 7.38. The highest BCUT2D eigenvalue weighted by Crippen LogP contribution is 2.26. The molecule has 2 N–H and O–H groups in total. The van der Waals surface area contributed by atoms with Gasteiger partial charge in [-0.1, -0.05) is 37.3 Å². The van der Waals surface area contributed by atoms with Gasteiger partial charge in [-0.3, -0.25) is 19.4 Å². The van der Waals surface area contributed by atoms with Crippen LogP contribution in [0.3, 0.4) is 0 Å². The second-order valence-electron chi connectivity index (χ2n) is 6.93. The van der Waals surface area contributed by atoms with Gasteiger partial charge in [0.15, 0.2) is 11.5 Å². The fourth-order valence-corrected chi connectivity index (χ4v) is 3.46. The van der Waals surface area contributed by atoms with Gasteiger partial charge in [-0.15, -0.1) is 0 Å². The third-order valence-electron chi connectivity index (χ3n) is 4.77. The average molecular weight is 390 g/mol. The SMILES string of the molecule is CCCn1ccc(NC(=O)c2c(C)nc3c(-c4ccccc4)c(C)[nH]n3c2=O)n1. The van der Waals surface area contributed by atoms with Crippen LogP contribution in [0.4, 0.5) is 5.82 Å². The average Bonchev–Trinajstić information content (AvgIpc) is 3.26. The zero-order valence-electron chi connectivity index (χ0n) is 16.6. The molecule has 8 nitrogen and oxygen atoms in total. The van der Waals surface area contributed by atoms with E-state index in [1.807, 2.05) is 44.2 Å². The van der Waals surface area contributed by atoms with E-state index < -0.39 is 11.5 Å². The Bertz CT molecular complexity index is 1250. The molecule has 148 valence electrons. The Morgan fingerprint density at radius 1 is 1.17 bits per heavy atom. The summed E-state index contributed by atoms with van der Waals surface area (Å²) in [6.07, 6.45) is 2.73. The number of carbonyl (C=O) groups excluding carboxylic acids is 1. The third kappa shape index (κ3) is 3.33. The maximum absolute atomic E-state index is 13.1. The van der Waals surface area contributed by atoms with E-state index in [-0.39, 0.29) is 5.56 Å². The van der Waals surface area contributed by atoms with Crippen LogP contribution >= 0.6 is 0 Å². The number of aryl methyl sites for hydroxylation is 3. The van der Waals surface area contributed by atoms with Crippen molar-refractivity contribution in [2.45, 2.75) is 33.7 Å². The molecule has 0 aliphatic rings. The van der Waals surface area contributed by atoms with Crippen LogP contribution in [0.5, 0.6) is 0 Å². The molecule has 0 atom stereocenters. The maximum atomic E-state index is 13.1. The molecule has 0 unspecified atom stereocenters. The summed E-state index contributed by atoms with van der Waals surface area (Å²) in [7, 11) is 0. The van der Waals surface area contributed by atoms with Gasteiger partial charge in [-0.2, -0.15) is 5.10 Å². The molecular weight excluding hydrogens is 368 g/mol. The minimum Gasteiger partial charge on any atom is -0.305 e. The molecule has 3 heterocycles. The summed E-state index contributed by atoms with van der Waals surface area (Å²) >= 11 is 0. The van der Waals surface area contributed by atoms with Crippen LogP contribution in [0.1, 0.15) is 35.1 Å². The third-order valence-corrected chi connectivity index (χ3v) is 4.77. The molecule has 4 aromatic rings. The first kappa shape index (κ1) is 18.7. The number of rotatable bonds is 5. The fraction of sp³-hybridized carbons (Fsp3) is 0.238. The number of hydrogen-bond acceptors (Lipinski definition) is 4. The molecule has 0 fully saturated rings. The predicted molar refractivity (Wildman–Crippen MR) is 111 cm³/mol. The topological polar surface area (TPSA) is 97.1 Å². The predicted octanol–water partition coefficient (Wildman–Crippen LogP) is 3.17. The number of anilines is 1. The zero-order valence-corrected chi connectivity index (χ0v) is 16.6. The first-order valence-electron chi connectivity index (χ1n) is 9.51. The number of carbonyl (C=O) groups is 1. The zero-order chi connectivity index (χ0) is 20.5. The van der Waals surface area contributed by atoms with Gasteiger partial charge < -0.3 is 5.32 Å². The van der Waals surface area contributed by atoms with Crippen LogP contribution in [-0.4, -0.2) is 30.3 Å². The van der Waals surface area contributed by atoms with Crippen molar-refractivity contribution in [2.75, 3.05) is 5.32 Å². The lowest BCUT2D eigenvalue weighted by Gasteiger charge is -2.06. The molecule has 29 heavy (non-hydrogen) atoms. The van der Waals surface area contributed by atoms with Gasteiger partial charge in [0.1, 0.15) is 5.56 Å². The summed E-state index contributed by atoms with van der Waals surface area (Å²) < 4.78 is 3.08. The number of benzene rings is 1. The first-order valence-corrected chi connectivity index (χ1v) is 9.51. The number of hydrogen-bond donors (Lipinski definition) is 2. The molecule has 0 saturated carbocycles. The lowest BCUT2D eigenvalue weighted by atomic mass is 10.1. The second-order valence-corrected chi connectivity index (χ2v) is 6.93. The van der Waals surface area contributed by atoms with E-state index in [2.05, 4.69) is 20.5 Å². The Balaban J connectivity index is 1.76. The fourth-order valence-electron chi connectivity index (χ4n) is 3.46. The van der Waals surface area contributed by atoms with E-state index in [4.69, 9.17) is 0 Å².